The molecule has 1 aliphatic rings. The Morgan fingerprint density at radius 2 is 2.13 bits per heavy atom. The van der Waals surface area contributed by atoms with Crippen LogP contribution in [0, 0.1) is 0 Å². The summed E-state index contributed by atoms with van der Waals surface area (Å²) in [6.45, 7) is 5.41. The zero-order chi connectivity index (χ0) is 10.7. The number of thiophene rings is 1. The summed E-state index contributed by atoms with van der Waals surface area (Å²) in [5.41, 5.74) is 5.90. The molecule has 0 radical (unpaired) electrons. The minimum Gasteiger partial charge on any atom is -0.329 e. The molecule has 2 heterocycles. The van der Waals surface area contributed by atoms with Crippen LogP contribution in [0.25, 0.3) is 0 Å². The summed E-state index contributed by atoms with van der Waals surface area (Å²) in [4.78, 5) is 5.46. The van der Waals surface area contributed by atoms with Gasteiger partial charge in [-0.2, -0.15) is 0 Å². The lowest BCUT2D eigenvalue weighted by Crippen LogP contribution is -2.30. The van der Waals surface area contributed by atoms with Gasteiger partial charge in [0, 0.05) is 16.3 Å². The Labute approximate surface area is 96.1 Å². The number of likely N-dealkylation sites (tertiary alicyclic amines) is 1. The Hall–Kier alpha value is -0.380. The van der Waals surface area contributed by atoms with Gasteiger partial charge in [0.1, 0.15) is 0 Å². The number of nitrogens with zero attached hydrogens (tertiary/aromatic N) is 1. The van der Waals surface area contributed by atoms with Crippen LogP contribution in [-0.2, 0) is 6.42 Å². The largest absolute Gasteiger partial charge is 0.329 e. The van der Waals surface area contributed by atoms with Gasteiger partial charge in [-0.1, -0.05) is 6.92 Å². The third-order valence-corrected chi connectivity index (χ3v) is 4.49. The molecule has 84 valence electrons. The van der Waals surface area contributed by atoms with E-state index in [-0.39, 0.29) is 0 Å². The van der Waals surface area contributed by atoms with Crippen molar-refractivity contribution in [2.24, 2.45) is 5.73 Å². The van der Waals surface area contributed by atoms with E-state index in [0.29, 0.717) is 6.04 Å². The molecule has 0 amide bonds. The van der Waals surface area contributed by atoms with Crippen molar-refractivity contribution in [2.45, 2.75) is 32.2 Å². The first-order chi connectivity index (χ1) is 7.35. The van der Waals surface area contributed by atoms with E-state index < -0.39 is 0 Å². The van der Waals surface area contributed by atoms with E-state index in [2.05, 4.69) is 24.0 Å². The fraction of sp³-hybridized carbons (Fsp3) is 0.667. The highest BCUT2D eigenvalue weighted by molar-refractivity contribution is 7.12. The van der Waals surface area contributed by atoms with Crippen LogP contribution in [0.5, 0.6) is 0 Å². The number of rotatable bonds is 4. The molecule has 0 bridgehead atoms. The lowest BCUT2D eigenvalue weighted by atomic mass is 10.2. The molecule has 0 saturated carbocycles. The summed E-state index contributed by atoms with van der Waals surface area (Å²) in [5.74, 6) is 0. The molecule has 0 aromatic carbocycles. The third-order valence-electron chi connectivity index (χ3n) is 3.16. The molecule has 1 atom stereocenters. The quantitative estimate of drug-likeness (QED) is 0.851. The summed E-state index contributed by atoms with van der Waals surface area (Å²) in [7, 11) is 0. The van der Waals surface area contributed by atoms with E-state index in [1.807, 2.05) is 11.3 Å². The molecule has 0 spiro atoms. The van der Waals surface area contributed by atoms with Crippen molar-refractivity contribution in [3.05, 3.63) is 21.9 Å². The topological polar surface area (TPSA) is 29.3 Å². The van der Waals surface area contributed by atoms with E-state index in [9.17, 15) is 0 Å². The fourth-order valence-electron chi connectivity index (χ4n) is 2.26. The SMILES string of the molecule is CCc1ccc(C(CN)N2CCCC2)s1. The standard InChI is InChI=1S/C12H20N2S/c1-2-10-5-6-12(15-10)11(9-13)14-7-3-4-8-14/h5-6,11H,2-4,7-9,13H2,1H3. The van der Waals surface area contributed by atoms with Gasteiger partial charge < -0.3 is 5.73 Å². The zero-order valence-corrected chi connectivity index (χ0v) is 10.2. The molecular formula is C12H20N2S. The van der Waals surface area contributed by atoms with Crippen molar-refractivity contribution in [1.82, 2.24) is 4.90 Å². The molecule has 1 fully saturated rings. The minimum atomic E-state index is 0.470. The van der Waals surface area contributed by atoms with Gasteiger partial charge in [-0.25, -0.2) is 0 Å². The highest BCUT2D eigenvalue weighted by atomic mass is 32.1. The van der Waals surface area contributed by atoms with Crippen molar-refractivity contribution in [3.8, 4) is 0 Å². The smallest absolute Gasteiger partial charge is 0.0564 e. The average Bonchev–Trinajstić information content (AvgIpc) is 2.89. The molecule has 1 aliphatic heterocycles. The Bertz CT molecular complexity index is 302. The van der Waals surface area contributed by atoms with Crippen LogP contribution in [0.2, 0.25) is 0 Å². The maximum Gasteiger partial charge on any atom is 0.0564 e. The van der Waals surface area contributed by atoms with Gasteiger partial charge in [0.05, 0.1) is 6.04 Å². The van der Waals surface area contributed by atoms with Crippen LogP contribution in [-0.4, -0.2) is 24.5 Å². The van der Waals surface area contributed by atoms with Gasteiger partial charge in [-0.3, -0.25) is 4.90 Å². The molecule has 1 aromatic rings. The maximum atomic E-state index is 5.90. The Balaban J connectivity index is 2.10. The predicted octanol–water partition coefficient (Wildman–Crippen LogP) is 2.41. The van der Waals surface area contributed by atoms with Gasteiger partial charge in [-0.15, -0.1) is 11.3 Å². The van der Waals surface area contributed by atoms with Crippen LogP contribution >= 0.6 is 11.3 Å². The second-order valence-electron chi connectivity index (χ2n) is 4.15. The Kier molecular flexibility index (Phi) is 3.78. The normalized spacial score (nSPS) is 19.6. The minimum absolute atomic E-state index is 0.470. The summed E-state index contributed by atoms with van der Waals surface area (Å²) < 4.78 is 0. The predicted molar refractivity (Wildman–Crippen MR) is 66.3 cm³/mol. The fourth-order valence-corrected chi connectivity index (χ4v) is 3.36. The second kappa shape index (κ2) is 5.10. The summed E-state index contributed by atoms with van der Waals surface area (Å²) in [6, 6.07) is 4.98. The van der Waals surface area contributed by atoms with Crippen LogP contribution in [0.3, 0.4) is 0 Å². The van der Waals surface area contributed by atoms with Gasteiger partial charge in [-0.05, 0) is 44.5 Å². The first-order valence-electron chi connectivity index (χ1n) is 5.88. The van der Waals surface area contributed by atoms with Crippen LogP contribution in [0.4, 0.5) is 0 Å². The molecular weight excluding hydrogens is 204 g/mol. The summed E-state index contributed by atoms with van der Waals surface area (Å²) in [6.07, 6.45) is 3.81. The molecule has 0 aliphatic carbocycles. The average molecular weight is 224 g/mol. The summed E-state index contributed by atoms with van der Waals surface area (Å²) >= 11 is 1.93. The van der Waals surface area contributed by atoms with E-state index in [4.69, 9.17) is 5.73 Å². The van der Waals surface area contributed by atoms with Crippen molar-refractivity contribution in [2.75, 3.05) is 19.6 Å². The molecule has 2 N–H and O–H groups in total. The van der Waals surface area contributed by atoms with Crippen molar-refractivity contribution >= 4 is 11.3 Å². The van der Waals surface area contributed by atoms with E-state index in [1.165, 1.54) is 35.7 Å². The number of nitrogens with two attached hydrogens (primary N) is 1. The van der Waals surface area contributed by atoms with Crippen molar-refractivity contribution in [3.63, 3.8) is 0 Å². The molecule has 15 heavy (non-hydrogen) atoms. The van der Waals surface area contributed by atoms with E-state index in [1.54, 1.807) is 0 Å². The molecule has 1 unspecified atom stereocenters. The summed E-state index contributed by atoms with van der Waals surface area (Å²) in [5, 5.41) is 0. The molecule has 3 heteroatoms. The molecule has 2 rings (SSSR count). The lowest BCUT2D eigenvalue weighted by molar-refractivity contribution is 0.255. The van der Waals surface area contributed by atoms with Gasteiger partial charge in [0.25, 0.3) is 0 Å². The van der Waals surface area contributed by atoms with Crippen molar-refractivity contribution < 1.29 is 0 Å². The van der Waals surface area contributed by atoms with Crippen LogP contribution < -0.4 is 5.73 Å². The first kappa shape index (κ1) is 11.1. The van der Waals surface area contributed by atoms with E-state index >= 15 is 0 Å². The molecule has 1 saturated heterocycles. The van der Waals surface area contributed by atoms with Crippen molar-refractivity contribution in [1.29, 1.82) is 0 Å². The highest BCUT2D eigenvalue weighted by Crippen LogP contribution is 2.29. The molecule has 2 nitrogen and oxygen atoms in total. The van der Waals surface area contributed by atoms with Crippen LogP contribution in [0.1, 0.15) is 35.6 Å². The Morgan fingerprint density at radius 3 is 2.67 bits per heavy atom. The molecule has 1 aromatic heterocycles. The highest BCUT2D eigenvalue weighted by Gasteiger charge is 2.23. The Morgan fingerprint density at radius 1 is 1.40 bits per heavy atom. The number of hydrogen-bond acceptors (Lipinski definition) is 3. The zero-order valence-electron chi connectivity index (χ0n) is 9.41. The van der Waals surface area contributed by atoms with Crippen LogP contribution in [0.15, 0.2) is 12.1 Å². The van der Waals surface area contributed by atoms with E-state index in [0.717, 1.165) is 13.0 Å². The van der Waals surface area contributed by atoms with Gasteiger partial charge in [0.15, 0.2) is 0 Å². The monoisotopic (exact) mass is 224 g/mol. The number of aryl methyl sites for hydroxylation is 1. The van der Waals surface area contributed by atoms with Gasteiger partial charge >= 0.3 is 0 Å². The second-order valence-corrected chi connectivity index (χ2v) is 5.35. The number of hydrogen-bond donors (Lipinski definition) is 1. The third kappa shape index (κ3) is 2.41. The van der Waals surface area contributed by atoms with Gasteiger partial charge in [0.2, 0.25) is 0 Å². The first-order valence-corrected chi connectivity index (χ1v) is 6.69. The lowest BCUT2D eigenvalue weighted by Gasteiger charge is -2.25. The maximum absolute atomic E-state index is 5.90.